The van der Waals surface area contributed by atoms with Crippen molar-refractivity contribution in [3.8, 4) is 5.82 Å². The lowest BCUT2D eigenvalue weighted by molar-refractivity contribution is 0.799. The molecule has 5 nitrogen and oxygen atoms in total. The lowest BCUT2D eigenvalue weighted by Crippen LogP contribution is -2.07. The Labute approximate surface area is 143 Å². The fraction of sp³-hybridized carbons (Fsp3) is 0.235. The topological polar surface area (TPSA) is 55.6 Å². The number of anilines is 1. The quantitative estimate of drug-likeness (QED) is 0.753. The Hall–Kier alpha value is -2.21. The molecule has 0 aliphatic heterocycles. The van der Waals surface area contributed by atoms with Gasteiger partial charge in [-0.05, 0) is 50.1 Å². The van der Waals surface area contributed by atoms with Gasteiger partial charge in [0.15, 0.2) is 5.82 Å². The predicted molar refractivity (Wildman–Crippen MR) is 94.8 cm³/mol. The molecule has 0 saturated heterocycles. The third-order valence-corrected chi connectivity index (χ3v) is 4.11. The summed E-state index contributed by atoms with van der Waals surface area (Å²) in [5.74, 6) is 1.45. The fourth-order valence-corrected chi connectivity index (χ4v) is 2.83. The third-order valence-electron chi connectivity index (χ3n) is 3.62. The molecule has 0 unspecified atom stereocenters. The number of aryl methyl sites for hydroxylation is 3. The van der Waals surface area contributed by atoms with Crippen LogP contribution >= 0.6 is 15.9 Å². The number of hydrogen-bond donors (Lipinski definition) is 1. The van der Waals surface area contributed by atoms with Crippen LogP contribution in [0.25, 0.3) is 5.82 Å². The number of rotatable bonds is 4. The Morgan fingerprint density at radius 3 is 2.70 bits per heavy atom. The average Bonchev–Trinajstić information content (AvgIpc) is 2.87. The van der Waals surface area contributed by atoms with Gasteiger partial charge in [0.25, 0.3) is 0 Å². The van der Waals surface area contributed by atoms with Crippen LogP contribution in [0, 0.1) is 20.8 Å². The van der Waals surface area contributed by atoms with Gasteiger partial charge < -0.3 is 5.32 Å². The number of nitrogens with one attached hydrogen (secondary N) is 1. The second-order valence-electron chi connectivity index (χ2n) is 5.53. The van der Waals surface area contributed by atoms with E-state index in [4.69, 9.17) is 0 Å². The molecule has 118 valence electrons. The molecule has 0 spiro atoms. The van der Waals surface area contributed by atoms with E-state index in [1.807, 2.05) is 26.0 Å². The van der Waals surface area contributed by atoms with Crippen molar-refractivity contribution in [2.24, 2.45) is 0 Å². The summed E-state index contributed by atoms with van der Waals surface area (Å²) in [7, 11) is 0. The normalized spacial score (nSPS) is 10.8. The Bertz CT molecular complexity index is 841. The SMILES string of the molecule is Cc1cc(C)n(-c2cncc(NCc3cc(Br)ccc3C)n2)n1. The molecule has 6 heteroatoms. The molecule has 23 heavy (non-hydrogen) atoms. The molecular weight excluding hydrogens is 354 g/mol. The van der Waals surface area contributed by atoms with Gasteiger partial charge >= 0.3 is 0 Å². The van der Waals surface area contributed by atoms with Crippen molar-refractivity contribution in [1.82, 2.24) is 19.7 Å². The van der Waals surface area contributed by atoms with Gasteiger partial charge in [-0.3, -0.25) is 4.98 Å². The van der Waals surface area contributed by atoms with E-state index < -0.39 is 0 Å². The smallest absolute Gasteiger partial charge is 0.174 e. The highest BCUT2D eigenvalue weighted by Gasteiger charge is 2.07. The summed E-state index contributed by atoms with van der Waals surface area (Å²) in [4.78, 5) is 8.87. The van der Waals surface area contributed by atoms with Gasteiger partial charge in [-0.15, -0.1) is 0 Å². The second kappa shape index (κ2) is 6.50. The monoisotopic (exact) mass is 371 g/mol. The molecule has 0 aliphatic carbocycles. The van der Waals surface area contributed by atoms with E-state index in [1.54, 1.807) is 17.1 Å². The van der Waals surface area contributed by atoms with E-state index in [1.165, 1.54) is 11.1 Å². The summed E-state index contributed by atoms with van der Waals surface area (Å²) in [5.41, 5.74) is 4.46. The van der Waals surface area contributed by atoms with Crippen molar-refractivity contribution < 1.29 is 0 Å². The highest BCUT2D eigenvalue weighted by molar-refractivity contribution is 9.10. The minimum absolute atomic E-state index is 0.695. The minimum atomic E-state index is 0.695. The van der Waals surface area contributed by atoms with Crippen molar-refractivity contribution in [1.29, 1.82) is 0 Å². The lowest BCUT2D eigenvalue weighted by Gasteiger charge is -2.10. The summed E-state index contributed by atoms with van der Waals surface area (Å²) in [6.07, 6.45) is 3.44. The predicted octanol–water partition coefficient (Wildman–Crippen LogP) is 3.96. The number of halogens is 1. The van der Waals surface area contributed by atoms with Gasteiger partial charge in [-0.1, -0.05) is 22.0 Å². The summed E-state index contributed by atoms with van der Waals surface area (Å²) < 4.78 is 2.88. The van der Waals surface area contributed by atoms with Crippen LogP contribution < -0.4 is 5.32 Å². The molecule has 0 saturated carbocycles. The molecule has 2 aromatic heterocycles. The molecule has 1 aromatic carbocycles. The van der Waals surface area contributed by atoms with Crippen LogP contribution in [0.5, 0.6) is 0 Å². The van der Waals surface area contributed by atoms with Crippen LogP contribution in [0.2, 0.25) is 0 Å². The third kappa shape index (κ3) is 3.59. The first-order chi connectivity index (χ1) is 11.0. The van der Waals surface area contributed by atoms with Crippen molar-refractivity contribution >= 4 is 21.7 Å². The zero-order valence-corrected chi connectivity index (χ0v) is 14.9. The van der Waals surface area contributed by atoms with Crippen LogP contribution in [-0.2, 0) is 6.54 Å². The Kier molecular flexibility index (Phi) is 4.43. The molecule has 0 radical (unpaired) electrons. The molecule has 3 rings (SSSR count). The second-order valence-corrected chi connectivity index (χ2v) is 6.44. The molecule has 0 aliphatic rings. The van der Waals surface area contributed by atoms with Crippen molar-refractivity contribution in [3.63, 3.8) is 0 Å². The average molecular weight is 372 g/mol. The highest BCUT2D eigenvalue weighted by Crippen LogP contribution is 2.17. The van der Waals surface area contributed by atoms with E-state index in [0.29, 0.717) is 12.4 Å². The van der Waals surface area contributed by atoms with Crippen LogP contribution in [0.15, 0.2) is 41.1 Å². The maximum Gasteiger partial charge on any atom is 0.174 e. The van der Waals surface area contributed by atoms with E-state index in [-0.39, 0.29) is 0 Å². The molecule has 0 amide bonds. The van der Waals surface area contributed by atoms with E-state index in [2.05, 4.69) is 55.4 Å². The Morgan fingerprint density at radius 1 is 1.13 bits per heavy atom. The summed E-state index contributed by atoms with van der Waals surface area (Å²) in [6.45, 7) is 6.77. The molecule has 3 aromatic rings. The van der Waals surface area contributed by atoms with Gasteiger partial charge in [0.1, 0.15) is 5.82 Å². The lowest BCUT2D eigenvalue weighted by atomic mass is 10.1. The molecule has 1 N–H and O–H groups in total. The van der Waals surface area contributed by atoms with Gasteiger partial charge in [0.05, 0.1) is 18.1 Å². The molecule has 0 atom stereocenters. The fourth-order valence-electron chi connectivity index (χ4n) is 2.42. The van der Waals surface area contributed by atoms with Crippen molar-refractivity contribution in [3.05, 3.63) is 63.6 Å². The molecule has 2 heterocycles. The first-order valence-electron chi connectivity index (χ1n) is 7.37. The van der Waals surface area contributed by atoms with Gasteiger partial charge in [0.2, 0.25) is 0 Å². The number of aromatic nitrogens is 4. The Morgan fingerprint density at radius 2 is 1.96 bits per heavy atom. The number of nitrogens with zero attached hydrogens (tertiary/aromatic N) is 4. The number of benzene rings is 1. The van der Waals surface area contributed by atoms with E-state index in [9.17, 15) is 0 Å². The molecule has 0 fully saturated rings. The first-order valence-corrected chi connectivity index (χ1v) is 8.17. The summed E-state index contributed by atoms with van der Waals surface area (Å²) in [6, 6.07) is 8.27. The van der Waals surface area contributed by atoms with Gasteiger partial charge in [-0.2, -0.15) is 5.10 Å². The minimum Gasteiger partial charge on any atom is -0.365 e. The highest BCUT2D eigenvalue weighted by atomic mass is 79.9. The standard InChI is InChI=1S/C17H18BrN5/c1-11-4-5-15(18)7-14(11)8-20-16-9-19-10-17(21-16)23-13(3)6-12(2)22-23/h4-7,9-10H,8H2,1-3H3,(H,20,21). The van der Waals surface area contributed by atoms with Crippen LogP contribution in [-0.4, -0.2) is 19.7 Å². The largest absolute Gasteiger partial charge is 0.365 e. The van der Waals surface area contributed by atoms with Gasteiger partial charge in [-0.25, -0.2) is 9.67 Å². The maximum atomic E-state index is 4.60. The zero-order valence-electron chi connectivity index (χ0n) is 13.3. The number of hydrogen-bond acceptors (Lipinski definition) is 4. The summed E-state index contributed by atoms with van der Waals surface area (Å²) >= 11 is 3.51. The van der Waals surface area contributed by atoms with Crippen molar-refractivity contribution in [2.75, 3.05) is 5.32 Å². The van der Waals surface area contributed by atoms with Crippen LogP contribution in [0.1, 0.15) is 22.5 Å². The first kappa shape index (κ1) is 15.7. The van der Waals surface area contributed by atoms with E-state index in [0.717, 1.165) is 21.7 Å². The van der Waals surface area contributed by atoms with Crippen LogP contribution in [0.4, 0.5) is 5.82 Å². The van der Waals surface area contributed by atoms with Crippen molar-refractivity contribution in [2.45, 2.75) is 27.3 Å². The van der Waals surface area contributed by atoms with E-state index >= 15 is 0 Å². The van der Waals surface area contributed by atoms with Gasteiger partial charge in [0, 0.05) is 16.7 Å². The van der Waals surface area contributed by atoms with Crippen LogP contribution in [0.3, 0.4) is 0 Å². The Balaban J connectivity index is 1.80. The molecule has 0 bridgehead atoms. The zero-order chi connectivity index (χ0) is 16.4. The summed E-state index contributed by atoms with van der Waals surface area (Å²) in [5, 5.41) is 7.78. The molecular formula is C17H18BrN5. The maximum absolute atomic E-state index is 4.60.